The van der Waals surface area contributed by atoms with E-state index in [0.29, 0.717) is 5.92 Å². The Kier molecular flexibility index (Phi) is 11.2. The summed E-state index contributed by atoms with van der Waals surface area (Å²) < 4.78 is 0. The highest BCUT2D eigenvalue weighted by atomic mass is 15.2. The fourth-order valence-electron chi connectivity index (χ4n) is 6.84. The van der Waals surface area contributed by atoms with Crippen molar-refractivity contribution in [1.82, 2.24) is 5.32 Å². The molecule has 0 saturated heterocycles. The lowest BCUT2D eigenvalue weighted by atomic mass is 9.83. The van der Waals surface area contributed by atoms with Crippen LogP contribution in [-0.2, 0) is 10.8 Å². The lowest BCUT2D eigenvalue weighted by molar-refractivity contribution is 0.588. The molecule has 4 aromatic rings. The smallest absolute Gasteiger partial charge is 0.0558 e. The van der Waals surface area contributed by atoms with Gasteiger partial charge >= 0.3 is 0 Å². The molecule has 1 N–H and O–H groups in total. The molecule has 0 radical (unpaired) electrons. The summed E-state index contributed by atoms with van der Waals surface area (Å²) in [4.78, 5) is 4.87. The maximum atomic E-state index is 4.50. The van der Waals surface area contributed by atoms with E-state index in [0.717, 1.165) is 59.1 Å². The molecular weight excluding hydrogens is 619 g/mol. The van der Waals surface area contributed by atoms with Crippen molar-refractivity contribution in [2.75, 3.05) is 16.3 Å². The molecule has 1 atom stereocenters. The molecule has 3 nitrogen and oxygen atoms in total. The summed E-state index contributed by atoms with van der Waals surface area (Å²) in [7, 11) is 0. The molecule has 0 aliphatic carbocycles. The van der Waals surface area contributed by atoms with E-state index < -0.39 is 0 Å². The zero-order chi connectivity index (χ0) is 37.1. The van der Waals surface area contributed by atoms with E-state index in [1.165, 1.54) is 33.5 Å². The van der Waals surface area contributed by atoms with Gasteiger partial charge in [0.25, 0.3) is 0 Å². The molecule has 3 heteroatoms. The van der Waals surface area contributed by atoms with Crippen LogP contribution in [0.5, 0.6) is 0 Å². The normalized spacial score (nSPS) is 15.1. The third-order valence-corrected chi connectivity index (χ3v) is 9.99. The highest BCUT2D eigenvalue weighted by Crippen LogP contribution is 2.48. The number of hydrogen-bond acceptors (Lipinski definition) is 3. The van der Waals surface area contributed by atoms with Crippen LogP contribution in [0.25, 0.3) is 11.8 Å². The van der Waals surface area contributed by atoms with E-state index in [4.69, 9.17) is 0 Å². The zero-order valence-electron chi connectivity index (χ0n) is 32.8. The maximum Gasteiger partial charge on any atom is 0.0558 e. The van der Waals surface area contributed by atoms with Crippen molar-refractivity contribution >= 4 is 40.2 Å². The average molecular weight is 678 g/mol. The third-order valence-electron chi connectivity index (χ3n) is 9.99. The fraction of sp³-hybridized carbons (Fsp3) is 0.333. The highest BCUT2D eigenvalue weighted by molar-refractivity contribution is 5.93. The molecule has 0 spiro atoms. The molecule has 266 valence electrons. The first-order chi connectivity index (χ1) is 24.2. The Hall–Kier alpha value is -4.76. The van der Waals surface area contributed by atoms with Gasteiger partial charge in [0.15, 0.2) is 0 Å². The van der Waals surface area contributed by atoms with Crippen LogP contribution in [0.15, 0.2) is 116 Å². The summed E-state index contributed by atoms with van der Waals surface area (Å²) in [5.74, 6) is 0.493. The van der Waals surface area contributed by atoms with E-state index >= 15 is 0 Å². The minimum atomic E-state index is -0.128. The van der Waals surface area contributed by atoms with Crippen molar-refractivity contribution in [3.63, 3.8) is 0 Å². The number of allylic oxidation sites excluding steroid dienone is 4. The molecule has 1 aliphatic rings. The monoisotopic (exact) mass is 677 g/mol. The van der Waals surface area contributed by atoms with Crippen LogP contribution in [0, 0.1) is 19.8 Å². The standard InChI is InChI=1S/C48H59N3/c1-13-16-38(14-2)50(39-22-17-33(4)18-23-39)45-31-37(48(10,11)12)32-46(41(45)15-3)51(40-24-19-34(5)20-25-40)44-26-21-36(47(7,8)9)30-42(44)43-29-35(6)27-28-49-43/h13,15-26,29-32,35,49H,1,3,14,27-28H2,2,4-12H3/b38-16+. The molecule has 0 fully saturated rings. The first-order valence-corrected chi connectivity index (χ1v) is 18.6. The molecule has 0 saturated carbocycles. The Labute approximate surface area is 309 Å². The fourth-order valence-corrected chi connectivity index (χ4v) is 6.84. The van der Waals surface area contributed by atoms with Gasteiger partial charge in [0.05, 0.1) is 17.1 Å². The largest absolute Gasteiger partial charge is 0.385 e. The zero-order valence-corrected chi connectivity index (χ0v) is 32.8. The van der Waals surface area contributed by atoms with Gasteiger partial charge in [0.1, 0.15) is 0 Å². The molecule has 1 unspecified atom stereocenters. The van der Waals surface area contributed by atoms with Gasteiger partial charge in [0.2, 0.25) is 0 Å². The molecule has 5 rings (SSSR count). The van der Waals surface area contributed by atoms with Crippen molar-refractivity contribution < 1.29 is 0 Å². The molecule has 4 aromatic carbocycles. The van der Waals surface area contributed by atoms with Crippen molar-refractivity contribution in [3.8, 4) is 0 Å². The van der Waals surface area contributed by atoms with Gasteiger partial charge in [-0.15, -0.1) is 0 Å². The van der Waals surface area contributed by atoms with Crippen LogP contribution in [0.3, 0.4) is 0 Å². The van der Waals surface area contributed by atoms with Crippen molar-refractivity contribution in [3.05, 3.63) is 149 Å². The summed E-state index contributed by atoms with van der Waals surface area (Å²) in [6.45, 7) is 32.2. The second-order valence-corrected chi connectivity index (χ2v) is 16.2. The molecule has 0 aromatic heterocycles. The molecule has 0 bridgehead atoms. The van der Waals surface area contributed by atoms with E-state index in [9.17, 15) is 0 Å². The molecular formula is C48H59N3. The number of nitrogens with one attached hydrogen (secondary N) is 1. The summed E-state index contributed by atoms with van der Waals surface area (Å²) in [6.07, 6.45) is 10.5. The van der Waals surface area contributed by atoms with Crippen LogP contribution in [-0.4, -0.2) is 6.54 Å². The van der Waals surface area contributed by atoms with Gasteiger partial charge in [0, 0.05) is 40.4 Å². The predicted molar refractivity (Wildman–Crippen MR) is 225 cm³/mol. The number of nitrogens with zero attached hydrogens (tertiary/aromatic N) is 2. The topological polar surface area (TPSA) is 18.5 Å². The second-order valence-electron chi connectivity index (χ2n) is 16.2. The Balaban J connectivity index is 1.94. The van der Waals surface area contributed by atoms with Gasteiger partial charge in [-0.25, -0.2) is 0 Å². The van der Waals surface area contributed by atoms with Gasteiger partial charge in [-0.05, 0) is 109 Å². The third kappa shape index (κ3) is 8.25. The quantitative estimate of drug-likeness (QED) is 0.169. The Morgan fingerprint density at radius 2 is 1.35 bits per heavy atom. The van der Waals surface area contributed by atoms with Crippen LogP contribution in [0.2, 0.25) is 0 Å². The summed E-state index contributed by atoms with van der Waals surface area (Å²) >= 11 is 0. The lowest BCUT2D eigenvalue weighted by Crippen LogP contribution is -2.25. The second kappa shape index (κ2) is 15.2. The van der Waals surface area contributed by atoms with E-state index in [2.05, 4.69) is 189 Å². The van der Waals surface area contributed by atoms with Crippen LogP contribution in [0.4, 0.5) is 28.4 Å². The first-order valence-electron chi connectivity index (χ1n) is 18.6. The SMILES string of the molecule is C=C/C=C(\CC)N(c1ccc(C)cc1)c1cc(C(C)(C)C)cc(N(c2ccc(C)cc2)c2ccc(C(C)(C)C)cc2C2=CC(C)CCN2)c1C=C. The molecule has 1 heterocycles. The average Bonchev–Trinajstić information content (AvgIpc) is 3.08. The number of rotatable bonds is 10. The van der Waals surface area contributed by atoms with E-state index in [1.807, 2.05) is 12.2 Å². The first kappa shape index (κ1) is 37.5. The van der Waals surface area contributed by atoms with Gasteiger partial charge in [-0.1, -0.05) is 128 Å². The van der Waals surface area contributed by atoms with Crippen molar-refractivity contribution in [1.29, 1.82) is 0 Å². The van der Waals surface area contributed by atoms with Crippen molar-refractivity contribution in [2.45, 2.75) is 92.9 Å². The summed E-state index contributed by atoms with van der Waals surface area (Å²) in [6, 6.07) is 29.6. The number of benzene rings is 4. The molecule has 51 heavy (non-hydrogen) atoms. The highest BCUT2D eigenvalue weighted by Gasteiger charge is 2.29. The van der Waals surface area contributed by atoms with Crippen molar-refractivity contribution in [2.24, 2.45) is 5.92 Å². The minimum Gasteiger partial charge on any atom is -0.385 e. The maximum absolute atomic E-state index is 4.50. The molecule has 1 aliphatic heterocycles. The predicted octanol–water partition coefficient (Wildman–Crippen LogP) is 13.6. The Morgan fingerprint density at radius 3 is 1.88 bits per heavy atom. The summed E-state index contributed by atoms with van der Waals surface area (Å²) in [5.41, 5.74) is 15.1. The number of hydrogen-bond donors (Lipinski definition) is 1. The Bertz CT molecular complexity index is 1920. The van der Waals surface area contributed by atoms with Crippen LogP contribution < -0.4 is 15.1 Å². The van der Waals surface area contributed by atoms with Gasteiger partial charge in [-0.2, -0.15) is 0 Å². The van der Waals surface area contributed by atoms with Crippen LogP contribution >= 0.6 is 0 Å². The van der Waals surface area contributed by atoms with Gasteiger partial charge in [-0.3, -0.25) is 0 Å². The lowest BCUT2D eigenvalue weighted by Gasteiger charge is -2.36. The van der Waals surface area contributed by atoms with Gasteiger partial charge < -0.3 is 15.1 Å². The van der Waals surface area contributed by atoms with E-state index in [-0.39, 0.29) is 10.8 Å². The number of anilines is 5. The minimum absolute atomic E-state index is 0.00299. The molecule has 0 amide bonds. The summed E-state index contributed by atoms with van der Waals surface area (Å²) in [5, 5.41) is 3.80. The Morgan fingerprint density at radius 1 is 0.765 bits per heavy atom. The number of aryl methyl sites for hydroxylation is 2. The van der Waals surface area contributed by atoms with E-state index in [1.54, 1.807) is 0 Å². The van der Waals surface area contributed by atoms with Crippen LogP contribution in [0.1, 0.15) is 102 Å².